The highest BCUT2D eigenvalue weighted by molar-refractivity contribution is 4.96. The average molecular weight is 336 g/mol. The summed E-state index contributed by atoms with van der Waals surface area (Å²) in [7, 11) is 0. The molecule has 3 heterocycles. The average Bonchev–Trinajstić information content (AvgIpc) is 3.21. The highest BCUT2D eigenvalue weighted by atomic mass is 16.5. The van der Waals surface area contributed by atoms with Crippen LogP contribution in [0, 0.1) is 6.92 Å². The van der Waals surface area contributed by atoms with E-state index in [0.717, 1.165) is 31.9 Å². The molecular weight excluding hydrogens is 312 g/mol. The lowest BCUT2D eigenvalue weighted by atomic mass is 10.2. The summed E-state index contributed by atoms with van der Waals surface area (Å²) in [6.07, 6.45) is 1.12. The lowest BCUT2D eigenvalue weighted by Gasteiger charge is -2.34. The first-order valence-electron chi connectivity index (χ1n) is 8.21. The molecule has 0 bridgehead atoms. The van der Waals surface area contributed by atoms with Crippen LogP contribution in [-0.4, -0.2) is 70.5 Å². The predicted octanol–water partition coefficient (Wildman–Crippen LogP) is 0.666. The largest absolute Gasteiger partial charge is 0.467 e. The van der Waals surface area contributed by atoms with Gasteiger partial charge in [-0.15, -0.1) is 0 Å². The molecule has 132 valence electrons. The van der Waals surface area contributed by atoms with Crippen LogP contribution in [0.2, 0.25) is 0 Å². The molecule has 8 nitrogen and oxygen atoms in total. The van der Waals surface area contributed by atoms with Gasteiger partial charge in [-0.05, 0) is 19.1 Å². The van der Waals surface area contributed by atoms with E-state index in [1.54, 1.807) is 6.26 Å². The molecule has 8 heteroatoms. The molecule has 1 atom stereocenters. The van der Waals surface area contributed by atoms with Crippen LogP contribution in [0.4, 0.5) is 0 Å². The maximum atomic E-state index is 10.1. The van der Waals surface area contributed by atoms with E-state index in [9.17, 15) is 5.11 Å². The molecule has 2 aromatic rings. The van der Waals surface area contributed by atoms with Gasteiger partial charge in [-0.25, -0.2) is 0 Å². The van der Waals surface area contributed by atoms with Crippen molar-refractivity contribution in [3.8, 4) is 0 Å². The first-order chi connectivity index (χ1) is 11.7. The molecule has 2 aromatic heterocycles. The number of aromatic nitrogens is 2. The number of β-amino-alcohol motifs (C(OH)–C–C–N with tert-alkyl or cyclic N) is 1. The molecule has 24 heavy (non-hydrogen) atoms. The number of hydrogen-bond acceptors (Lipinski definition) is 8. The molecule has 0 radical (unpaired) electrons. The van der Waals surface area contributed by atoms with Gasteiger partial charge in [0, 0.05) is 32.7 Å². The van der Waals surface area contributed by atoms with Crippen molar-refractivity contribution in [2.75, 3.05) is 39.3 Å². The molecule has 0 amide bonds. The van der Waals surface area contributed by atoms with Crippen LogP contribution in [0.25, 0.3) is 0 Å². The maximum absolute atomic E-state index is 10.1. The molecule has 1 fully saturated rings. The molecule has 0 saturated carbocycles. The van der Waals surface area contributed by atoms with E-state index in [2.05, 4.69) is 19.9 Å². The van der Waals surface area contributed by atoms with Crippen molar-refractivity contribution in [1.29, 1.82) is 0 Å². The molecule has 0 aliphatic carbocycles. The third kappa shape index (κ3) is 5.13. The van der Waals surface area contributed by atoms with Gasteiger partial charge >= 0.3 is 0 Å². The normalized spacial score (nSPS) is 18.1. The summed E-state index contributed by atoms with van der Waals surface area (Å²) >= 11 is 0. The van der Waals surface area contributed by atoms with Crippen LogP contribution in [0.5, 0.6) is 0 Å². The van der Waals surface area contributed by atoms with Gasteiger partial charge in [-0.1, -0.05) is 5.16 Å². The Morgan fingerprint density at radius 1 is 1.29 bits per heavy atom. The SMILES string of the molecule is Cc1noc(CN2CCN(CC(O)COCc3ccco3)CC2)n1. The van der Waals surface area contributed by atoms with Crippen molar-refractivity contribution in [3.63, 3.8) is 0 Å². The highest BCUT2D eigenvalue weighted by Crippen LogP contribution is 2.08. The Morgan fingerprint density at radius 2 is 2.08 bits per heavy atom. The van der Waals surface area contributed by atoms with Crippen molar-refractivity contribution in [2.24, 2.45) is 0 Å². The minimum Gasteiger partial charge on any atom is -0.467 e. The zero-order valence-corrected chi connectivity index (χ0v) is 13.9. The van der Waals surface area contributed by atoms with E-state index in [0.29, 0.717) is 38.0 Å². The number of piperazine rings is 1. The van der Waals surface area contributed by atoms with Gasteiger partial charge in [0.1, 0.15) is 12.4 Å². The summed E-state index contributed by atoms with van der Waals surface area (Å²) in [6, 6.07) is 3.68. The van der Waals surface area contributed by atoms with Crippen molar-refractivity contribution < 1.29 is 18.8 Å². The van der Waals surface area contributed by atoms with Crippen molar-refractivity contribution >= 4 is 0 Å². The van der Waals surface area contributed by atoms with Crippen LogP contribution in [-0.2, 0) is 17.9 Å². The van der Waals surface area contributed by atoms with Gasteiger partial charge in [0.15, 0.2) is 5.82 Å². The zero-order valence-electron chi connectivity index (χ0n) is 13.9. The number of furan rings is 1. The molecule has 1 unspecified atom stereocenters. The molecule has 1 N–H and O–H groups in total. The van der Waals surface area contributed by atoms with Gasteiger partial charge in [0.05, 0.1) is 25.5 Å². The second-order valence-electron chi connectivity index (χ2n) is 6.06. The number of rotatable bonds is 8. The third-order valence-electron chi connectivity index (χ3n) is 4.00. The van der Waals surface area contributed by atoms with Crippen molar-refractivity contribution in [3.05, 3.63) is 35.9 Å². The molecule has 1 saturated heterocycles. The number of hydrogen-bond donors (Lipinski definition) is 1. The summed E-state index contributed by atoms with van der Waals surface area (Å²) in [5.41, 5.74) is 0. The zero-order chi connectivity index (χ0) is 16.8. The quantitative estimate of drug-likeness (QED) is 0.752. The lowest BCUT2D eigenvalue weighted by molar-refractivity contribution is -0.00362. The first-order valence-corrected chi connectivity index (χ1v) is 8.21. The summed E-state index contributed by atoms with van der Waals surface area (Å²) in [4.78, 5) is 8.76. The fraction of sp³-hybridized carbons (Fsp3) is 0.625. The van der Waals surface area contributed by atoms with Gasteiger partial charge in [-0.2, -0.15) is 4.98 Å². The van der Waals surface area contributed by atoms with Crippen molar-refractivity contribution in [1.82, 2.24) is 19.9 Å². The van der Waals surface area contributed by atoms with E-state index in [4.69, 9.17) is 13.7 Å². The Morgan fingerprint density at radius 3 is 2.75 bits per heavy atom. The maximum Gasteiger partial charge on any atom is 0.240 e. The monoisotopic (exact) mass is 336 g/mol. The highest BCUT2D eigenvalue weighted by Gasteiger charge is 2.20. The van der Waals surface area contributed by atoms with Crippen LogP contribution in [0.3, 0.4) is 0 Å². The first kappa shape index (κ1) is 17.1. The lowest BCUT2D eigenvalue weighted by Crippen LogP contribution is -2.48. The third-order valence-corrected chi connectivity index (χ3v) is 4.00. The summed E-state index contributed by atoms with van der Waals surface area (Å²) in [5, 5.41) is 13.9. The Bertz CT molecular complexity index is 593. The van der Waals surface area contributed by atoms with Crippen LogP contribution >= 0.6 is 0 Å². The Labute approximate surface area is 141 Å². The smallest absolute Gasteiger partial charge is 0.240 e. The van der Waals surface area contributed by atoms with Crippen molar-refractivity contribution in [2.45, 2.75) is 26.2 Å². The minimum absolute atomic E-state index is 0.308. The molecule has 1 aliphatic rings. The van der Waals surface area contributed by atoms with E-state index in [1.807, 2.05) is 19.1 Å². The molecule has 1 aliphatic heterocycles. The van der Waals surface area contributed by atoms with Gasteiger partial charge in [0.2, 0.25) is 5.89 Å². The summed E-state index contributed by atoms with van der Waals surface area (Å²) in [5.74, 6) is 2.10. The second kappa shape index (κ2) is 8.39. The van der Waals surface area contributed by atoms with E-state index in [-0.39, 0.29) is 0 Å². The number of nitrogens with zero attached hydrogens (tertiary/aromatic N) is 4. The number of ether oxygens (including phenoxy) is 1. The van der Waals surface area contributed by atoms with E-state index < -0.39 is 6.10 Å². The fourth-order valence-electron chi connectivity index (χ4n) is 2.77. The summed E-state index contributed by atoms with van der Waals surface area (Å²) < 4.78 is 15.8. The van der Waals surface area contributed by atoms with Gasteiger partial charge in [0.25, 0.3) is 0 Å². The van der Waals surface area contributed by atoms with E-state index in [1.165, 1.54) is 0 Å². The Hall–Kier alpha value is -1.74. The standard InChI is InChI=1S/C16H24N4O4/c1-13-17-16(24-18-13)10-20-6-4-19(5-7-20)9-14(21)11-22-12-15-3-2-8-23-15/h2-3,8,14,21H,4-7,9-12H2,1H3. The molecule has 0 aromatic carbocycles. The molecular formula is C16H24N4O4. The fourth-order valence-corrected chi connectivity index (χ4v) is 2.77. The minimum atomic E-state index is -0.495. The number of aliphatic hydroxyl groups is 1. The van der Waals surface area contributed by atoms with Crippen LogP contribution in [0.1, 0.15) is 17.5 Å². The molecule has 0 spiro atoms. The topological polar surface area (TPSA) is 88.0 Å². The van der Waals surface area contributed by atoms with Gasteiger partial charge < -0.3 is 18.8 Å². The van der Waals surface area contributed by atoms with Crippen LogP contribution < -0.4 is 0 Å². The Kier molecular flexibility index (Phi) is 5.97. The van der Waals surface area contributed by atoms with E-state index >= 15 is 0 Å². The predicted molar refractivity (Wildman–Crippen MR) is 85.1 cm³/mol. The van der Waals surface area contributed by atoms with Crippen LogP contribution in [0.15, 0.2) is 27.3 Å². The Balaban J connectivity index is 1.31. The second-order valence-corrected chi connectivity index (χ2v) is 6.06. The number of aryl methyl sites for hydroxylation is 1. The molecule has 3 rings (SSSR count). The van der Waals surface area contributed by atoms with Gasteiger partial charge in [-0.3, -0.25) is 9.80 Å². The number of aliphatic hydroxyl groups excluding tert-OH is 1. The summed E-state index contributed by atoms with van der Waals surface area (Å²) in [6.45, 7) is 7.46.